The first-order valence-corrected chi connectivity index (χ1v) is 8.97. The molecule has 0 bridgehead atoms. The maximum atomic E-state index is 12.5. The number of benzene rings is 1. The number of hydrogen-bond acceptors (Lipinski definition) is 4. The van der Waals surface area contributed by atoms with Crippen LogP contribution >= 0.6 is 0 Å². The lowest BCUT2D eigenvalue weighted by atomic mass is 9.98. The first-order chi connectivity index (χ1) is 11.9. The molecule has 0 saturated heterocycles. The van der Waals surface area contributed by atoms with Crippen LogP contribution in [0.5, 0.6) is 0 Å². The van der Waals surface area contributed by atoms with E-state index in [4.69, 9.17) is 4.74 Å². The maximum Gasteiger partial charge on any atom is 0.407 e. The van der Waals surface area contributed by atoms with Gasteiger partial charge in [0, 0.05) is 5.54 Å². The van der Waals surface area contributed by atoms with Gasteiger partial charge in [0.05, 0.1) is 6.04 Å². The Labute approximate surface area is 156 Å². The summed E-state index contributed by atoms with van der Waals surface area (Å²) in [5.74, 6) is -0.520. The average Bonchev–Trinajstić information content (AvgIpc) is 2.52. The van der Waals surface area contributed by atoms with E-state index >= 15 is 0 Å². The molecule has 0 aliphatic rings. The number of rotatable bonds is 7. The monoisotopic (exact) mass is 364 g/mol. The zero-order valence-electron chi connectivity index (χ0n) is 16.6. The highest BCUT2D eigenvalue weighted by Crippen LogP contribution is 2.12. The van der Waals surface area contributed by atoms with Crippen LogP contribution in [0.1, 0.15) is 53.5 Å². The van der Waals surface area contributed by atoms with E-state index in [1.165, 1.54) is 0 Å². The predicted molar refractivity (Wildman–Crippen MR) is 102 cm³/mol. The topological polar surface area (TPSA) is 87.7 Å². The van der Waals surface area contributed by atoms with Gasteiger partial charge in [0.15, 0.2) is 6.10 Å². The Hall–Kier alpha value is -2.08. The molecule has 0 aromatic heterocycles. The minimum Gasteiger partial charge on any atom is -0.444 e. The Bertz CT molecular complexity index is 594. The number of nitrogens with one attached hydrogen (secondary N) is 2. The number of carbonyl (C=O) groups is 2. The lowest BCUT2D eigenvalue weighted by Gasteiger charge is -2.30. The zero-order valence-corrected chi connectivity index (χ0v) is 16.6. The molecule has 2 unspecified atom stereocenters. The number of amides is 2. The van der Waals surface area contributed by atoms with E-state index in [0.29, 0.717) is 12.8 Å². The summed E-state index contributed by atoms with van der Waals surface area (Å²) in [5, 5.41) is 16.0. The summed E-state index contributed by atoms with van der Waals surface area (Å²) >= 11 is 0. The van der Waals surface area contributed by atoms with Crippen molar-refractivity contribution in [1.29, 1.82) is 0 Å². The minimum atomic E-state index is -1.39. The fraction of sp³-hybridized carbons (Fsp3) is 0.600. The molecule has 0 spiro atoms. The van der Waals surface area contributed by atoms with Gasteiger partial charge in [-0.2, -0.15) is 0 Å². The highest BCUT2D eigenvalue weighted by atomic mass is 16.6. The van der Waals surface area contributed by atoms with Gasteiger partial charge in [0.2, 0.25) is 0 Å². The average molecular weight is 364 g/mol. The summed E-state index contributed by atoms with van der Waals surface area (Å²) in [7, 11) is 0. The normalized spacial score (nSPS) is 14.3. The van der Waals surface area contributed by atoms with Crippen LogP contribution in [0, 0.1) is 0 Å². The van der Waals surface area contributed by atoms with E-state index in [0.717, 1.165) is 5.56 Å². The van der Waals surface area contributed by atoms with Crippen LogP contribution in [0.3, 0.4) is 0 Å². The molecule has 0 fully saturated rings. The van der Waals surface area contributed by atoms with Gasteiger partial charge in [-0.25, -0.2) is 4.79 Å². The highest BCUT2D eigenvalue weighted by molar-refractivity contribution is 5.83. The zero-order chi connectivity index (χ0) is 20.0. The van der Waals surface area contributed by atoms with Crippen molar-refractivity contribution in [2.45, 2.75) is 77.7 Å². The smallest absolute Gasteiger partial charge is 0.407 e. The van der Waals surface area contributed by atoms with Gasteiger partial charge >= 0.3 is 6.09 Å². The molecule has 0 radical (unpaired) electrons. The van der Waals surface area contributed by atoms with Crippen molar-refractivity contribution in [1.82, 2.24) is 10.6 Å². The molecule has 6 nitrogen and oxygen atoms in total. The molecule has 0 saturated carbocycles. The van der Waals surface area contributed by atoms with E-state index in [9.17, 15) is 14.7 Å². The van der Waals surface area contributed by atoms with E-state index in [2.05, 4.69) is 10.6 Å². The minimum absolute atomic E-state index is 0.307. The van der Waals surface area contributed by atoms with Crippen LogP contribution in [0.25, 0.3) is 0 Å². The molecule has 2 amide bonds. The number of carbonyl (C=O) groups excluding carboxylic acids is 2. The van der Waals surface area contributed by atoms with E-state index in [1.54, 1.807) is 20.8 Å². The summed E-state index contributed by atoms with van der Waals surface area (Å²) in [5.41, 5.74) is -0.213. The van der Waals surface area contributed by atoms with E-state index < -0.39 is 35.3 Å². The van der Waals surface area contributed by atoms with Gasteiger partial charge < -0.3 is 20.5 Å². The second-order valence-corrected chi connectivity index (χ2v) is 8.11. The van der Waals surface area contributed by atoms with Crippen molar-refractivity contribution in [2.24, 2.45) is 0 Å². The summed E-state index contributed by atoms with van der Waals surface area (Å²) in [4.78, 5) is 24.6. The number of hydrogen-bond donors (Lipinski definition) is 3. The van der Waals surface area contributed by atoms with Gasteiger partial charge in [0.1, 0.15) is 5.60 Å². The van der Waals surface area contributed by atoms with Gasteiger partial charge in [-0.15, -0.1) is 0 Å². The number of aliphatic hydroxyl groups excluding tert-OH is 1. The Morgan fingerprint density at radius 2 is 1.69 bits per heavy atom. The van der Waals surface area contributed by atoms with Crippen LogP contribution in [-0.2, 0) is 16.0 Å². The first kappa shape index (κ1) is 22.0. The molecular weight excluding hydrogens is 332 g/mol. The second kappa shape index (κ2) is 9.03. The second-order valence-electron chi connectivity index (χ2n) is 8.11. The Balaban J connectivity index is 2.91. The van der Waals surface area contributed by atoms with Gasteiger partial charge in [-0.05, 0) is 53.0 Å². The van der Waals surface area contributed by atoms with Crippen molar-refractivity contribution in [2.75, 3.05) is 0 Å². The predicted octanol–water partition coefficient (Wildman–Crippen LogP) is 2.79. The summed E-state index contributed by atoms with van der Waals surface area (Å²) in [6.07, 6.45) is -1.04. The molecule has 2 atom stereocenters. The Morgan fingerprint density at radius 3 is 2.19 bits per heavy atom. The third-order valence-electron chi connectivity index (χ3n) is 4.00. The third-order valence-corrected chi connectivity index (χ3v) is 4.00. The molecule has 1 rings (SSSR count). The standard InChI is InChI=1S/C20H32N2O4/c1-7-20(5,6)22-17(24)16(23)15(13-14-11-9-8-10-12-14)21-18(25)26-19(2,3)4/h8-12,15-16,23H,7,13H2,1-6H3,(H,21,25)(H,22,24). The van der Waals surface area contributed by atoms with Crippen LogP contribution in [-0.4, -0.2) is 40.4 Å². The first-order valence-electron chi connectivity index (χ1n) is 8.97. The number of ether oxygens (including phenoxy) is 1. The largest absolute Gasteiger partial charge is 0.444 e. The third kappa shape index (κ3) is 7.87. The number of alkyl carbamates (subject to hydrolysis) is 1. The van der Waals surface area contributed by atoms with E-state index in [1.807, 2.05) is 51.1 Å². The Kier molecular flexibility index (Phi) is 7.63. The molecule has 26 heavy (non-hydrogen) atoms. The molecule has 0 heterocycles. The number of aliphatic hydroxyl groups is 1. The van der Waals surface area contributed by atoms with E-state index in [-0.39, 0.29) is 0 Å². The molecule has 0 aliphatic heterocycles. The Morgan fingerprint density at radius 1 is 1.12 bits per heavy atom. The van der Waals surface area contributed by atoms with Crippen molar-refractivity contribution < 1.29 is 19.4 Å². The van der Waals surface area contributed by atoms with Crippen molar-refractivity contribution in [3.63, 3.8) is 0 Å². The summed E-state index contributed by atoms with van der Waals surface area (Å²) in [6.45, 7) is 11.0. The fourth-order valence-electron chi connectivity index (χ4n) is 2.25. The lowest BCUT2D eigenvalue weighted by Crippen LogP contribution is -2.56. The molecule has 6 heteroatoms. The fourth-order valence-corrected chi connectivity index (χ4v) is 2.25. The maximum absolute atomic E-state index is 12.5. The molecule has 146 valence electrons. The SMILES string of the molecule is CCC(C)(C)NC(=O)C(O)C(Cc1ccccc1)NC(=O)OC(C)(C)C. The summed E-state index contributed by atoms with van der Waals surface area (Å²) in [6, 6.07) is 8.57. The molecule has 1 aromatic carbocycles. The quantitative estimate of drug-likeness (QED) is 0.694. The van der Waals surface area contributed by atoms with Crippen LogP contribution in [0.15, 0.2) is 30.3 Å². The van der Waals surface area contributed by atoms with Crippen LogP contribution in [0.4, 0.5) is 4.79 Å². The summed E-state index contributed by atoms with van der Waals surface area (Å²) < 4.78 is 5.27. The molecular formula is C20H32N2O4. The van der Waals surface area contributed by atoms with Crippen molar-refractivity contribution in [3.05, 3.63) is 35.9 Å². The van der Waals surface area contributed by atoms with Crippen LogP contribution in [0.2, 0.25) is 0 Å². The molecule has 3 N–H and O–H groups in total. The van der Waals surface area contributed by atoms with Gasteiger partial charge in [-0.3, -0.25) is 4.79 Å². The highest BCUT2D eigenvalue weighted by Gasteiger charge is 2.32. The molecule has 0 aliphatic carbocycles. The molecule has 1 aromatic rings. The lowest BCUT2D eigenvalue weighted by molar-refractivity contribution is -0.132. The van der Waals surface area contributed by atoms with Gasteiger partial charge in [0.25, 0.3) is 5.91 Å². The van der Waals surface area contributed by atoms with Crippen molar-refractivity contribution in [3.8, 4) is 0 Å². The van der Waals surface area contributed by atoms with Crippen LogP contribution < -0.4 is 10.6 Å². The van der Waals surface area contributed by atoms with Crippen molar-refractivity contribution >= 4 is 12.0 Å². The van der Waals surface area contributed by atoms with Gasteiger partial charge in [-0.1, -0.05) is 37.3 Å².